The summed E-state index contributed by atoms with van der Waals surface area (Å²) in [5.74, 6) is -0.946. The van der Waals surface area contributed by atoms with E-state index >= 15 is 0 Å². The van der Waals surface area contributed by atoms with Gasteiger partial charge in [-0.2, -0.15) is 0 Å². The summed E-state index contributed by atoms with van der Waals surface area (Å²) in [5, 5.41) is 13.0. The van der Waals surface area contributed by atoms with Crippen LogP contribution in [0.3, 0.4) is 0 Å². The monoisotopic (exact) mass is 401 g/mol. The molecule has 1 fully saturated rings. The fourth-order valence-corrected chi connectivity index (χ4v) is 3.89. The van der Waals surface area contributed by atoms with Gasteiger partial charge in [-0.3, -0.25) is 0 Å². The summed E-state index contributed by atoms with van der Waals surface area (Å²) in [4.78, 5) is 11.6. The van der Waals surface area contributed by atoms with Crippen LogP contribution in [-0.2, 0) is 16.1 Å². The average molecular weight is 402 g/mol. The standard InChI is InChI=1S/C21H17Cl2NO3/c1-12-16(11-27-21(12)26)20(25)15-10-24(9-13-5-7-14(22)8-6-13)18-4-2-3-17(23)19(15)18/h2-8,10,16,20,25H,1,9,11H2. The molecule has 0 bridgehead atoms. The number of carbonyl (C=O) groups excluding carboxylic acids is 1. The Bertz CT molecular complexity index is 1040. The molecule has 4 rings (SSSR count). The second-order valence-corrected chi connectivity index (χ2v) is 7.49. The average Bonchev–Trinajstić information content (AvgIpc) is 3.19. The molecular formula is C21H17Cl2NO3. The quantitative estimate of drug-likeness (QED) is 0.506. The van der Waals surface area contributed by atoms with E-state index < -0.39 is 18.0 Å². The van der Waals surface area contributed by atoms with Crippen molar-refractivity contribution in [1.82, 2.24) is 4.57 Å². The van der Waals surface area contributed by atoms with Gasteiger partial charge in [0, 0.05) is 34.3 Å². The fraction of sp³-hybridized carbons (Fsp3) is 0.190. The Kier molecular flexibility index (Phi) is 4.72. The number of hydrogen-bond donors (Lipinski definition) is 1. The largest absolute Gasteiger partial charge is 0.462 e. The highest BCUT2D eigenvalue weighted by Crippen LogP contribution is 2.39. The van der Waals surface area contributed by atoms with Crippen LogP contribution in [0, 0.1) is 5.92 Å². The van der Waals surface area contributed by atoms with Gasteiger partial charge in [0.15, 0.2) is 0 Å². The number of aromatic nitrogens is 1. The highest BCUT2D eigenvalue weighted by molar-refractivity contribution is 6.35. The topological polar surface area (TPSA) is 51.5 Å². The second-order valence-electron chi connectivity index (χ2n) is 6.65. The summed E-state index contributed by atoms with van der Waals surface area (Å²) in [6.45, 7) is 4.48. The molecule has 0 saturated carbocycles. The molecule has 138 valence electrons. The molecule has 0 amide bonds. The second kappa shape index (κ2) is 7.04. The molecule has 4 nitrogen and oxygen atoms in total. The molecular weight excluding hydrogens is 385 g/mol. The van der Waals surface area contributed by atoms with E-state index in [2.05, 4.69) is 6.58 Å². The molecule has 1 aromatic heterocycles. The molecule has 1 saturated heterocycles. The number of hydrogen-bond acceptors (Lipinski definition) is 3. The minimum atomic E-state index is -0.933. The van der Waals surface area contributed by atoms with Crippen molar-refractivity contribution in [2.45, 2.75) is 12.6 Å². The summed E-state index contributed by atoms with van der Waals surface area (Å²) in [6, 6.07) is 13.2. The molecule has 0 aliphatic carbocycles. The maximum atomic E-state index is 11.6. The van der Waals surface area contributed by atoms with Crippen LogP contribution >= 0.6 is 23.2 Å². The minimum Gasteiger partial charge on any atom is -0.462 e. The van der Waals surface area contributed by atoms with Crippen molar-refractivity contribution in [2.24, 2.45) is 5.92 Å². The van der Waals surface area contributed by atoms with Crippen molar-refractivity contribution in [2.75, 3.05) is 6.61 Å². The first-order valence-corrected chi connectivity index (χ1v) is 9.27. The Morgan fingerprint density at radius 3 is 2.63 bits per heavy atom. The molecule has 2 aromatic carbocycles. The first-order valence-electron chi connectivity index (χ1n) is 8.51. The first kappa shape index (κ1) is 18.1. The minimum absolute atomic E-state index is 0.118. The van der Waals surface area contributed by atoms with Crippen molar-refractivity contribution < 1.29 is 14.6 Å². The van der Waals surface area contributed by atoms with Gasteiger partial charge in [0.2, 0.25) is 0 Å². The molecule has 2 heterocycles. The molecule has 1 aliphatic rings. The van der Waals surface area contributed by atoms with Crippen molar-refractivity contribution in [3.8, 4) is 0 Å². The van der Waals surface area contributed by atoms with E-state index in [1.165, 1.54) is 0 Å². The number of benzene rings is 2. The van der Waals surface area contributed by atoms with Crippen LogP contribution in [0.4, 0.5) is 0 Å². The van der Waals surface area contributed by atoms with E-state index in [1.54, 1.807) is 6.07 Å². The normalized spacial score (nSPS) is 18.1. The number of nitrogens with zero attached hydrogens (tertiary/aromatic N) is 1. The van der Waals surface area contributed by atoms with Crippen LogP contribution < -0.4 is 0 Å². The lowest BCUT2D eigenvalue weighted by atomic mass is 9.92. The third kappa shape index (κ3) is 3.25. The third-order valence-electron chi connectivity index (χ3n) is 4.95. The third-order valence-corrected chi connectivity index (χ3v) is 5.52. The zero-order valence-electron chi connectivity index (χ0n) is 14.4. The molecule has 0 radical (unpaired) electrons. The molecule has 0 spiro atoms. The number of cyclic esters (lactones) is 1. The SMILES string of the molecule is C=C1C(=O)OCC1C(O)c1cn(Cc2ccc(Cl)cc2)c2cccc(Cl)c12. The zero-order valence-corrected chi connectivity index (χ0v) is 15.9. The van der Waals surface area contributed by atoms with E-state index in [0.717, 1.165) is 16.5 Å². The molecule has 1 aliphatic heterocycles. The van der Waals surface area contributed by atoms with E-state index in [-0.39, 0.29) is 12.2 Å². The maximum Gasteiger partial charge on any atom is 0.333 e. The van der Waals surface area contributed by atoms with Crippen molar-refractivity contribution in [3.63, 3.8) is 0 Å². The van der Waals surface area contributed by atoms with Gasteiger partial charge in [-0.15, -0.1) is 0 Å². The van der Waals surface area contributed by atoms with Crippen LogP contribution in [0.5, 0.6) is 0 Å². The van der Waals surface area contributed by atoms with Crippen LogP contribution in [0.1, 0.15) is 17.2 Å². The summed E-state index contributed by atoms with van der Waals surface area (Å²) in [7, 11) is 0. The number of fused-ring (bicyclic) bond motifs is 1. The molecule has 2 unspecified atom stereocenters. The Balaban J connectivity index is 1.78. The van der Waals surface area contributed by atoms with Crippen LogP contribution in [-0.4, -0.2) is 22.2 Å². The Hall–Kier alpha value is -2.27. The van der Waals surface area contributed by atoms with Crippen molar-refractivity contribution in [1.29, 1.82) is 0 Å². The summed E-state index contributed by atoms with van der Waals surface area (Å²) in [6.07, 6.45) is 0.948. The van der Waals surface area contributed by atoms with Gasteiger partial charge in [0.1, 0.15) is 6.61 Å². The molecule has 2 atom stereocenters. The lowest BCUT2D eigenvalue weighted by molar-refractivity contribution is -0.135. The van der Waals surface area contributed by atoms with Gasteiger partial charge >= 0.3 is 5.97 Å². The summed E-state index contributed by atoms with van der Waals surface area (Å²) >= 11 is 12.4. The highest BCUT2D eigenvalue weighted by Gasteiger charge is 2.36. The van der Waals surface area contributed by atoms with Crippen LogP contribution in [0.25, 0.3) is 10.9 Å². The van der Waals surface area contributed by atoms with Gasteiger partial charge in [0.25, 0.3) is 0 Å². The number of rotatable bonds is 4. The summed E-state index contributed by atoms with van der Waals surface area (Å²) in [5.41, 5.74) is 2.92. The predicted octanol–water partition coefficient (Wildman–Crippen LogP) is 4.76. The number of aliphatic hydroxyl groups is 1. The fourth-order valence-electron chi connectivity index (χ4n) is 3.49. The van der Waals surface area contributed by atoms with Crippen molar-refractivity contribution >= 4 is 40.1 Å². The lowest BCUT2D eigenvalue weighted by Crippen LogP contribution is -2.14. The maximum absolute atomic E-state index is 11.6. The Morgan fingerprint density at radius 1 is 1.22 bits per heavy atom. The van der Waals surface area contributed by atoms with Gasteiger partial charge in [-0.05, 0) is 29.8 Å². The number of esters is 1. The molecule has 27 heavy (non-hydrogen) atoms. The smallest absolute Gasteiger partial charge is 0.333 e. The van der Waals surface area contributed by atoms with Gasteiger partial charge < -0.3 is 14.4 Å². The van der Waals surface area contributed by atoms with E-state index in [0.29, 0.717) is 22.2 Å². The van der Waals surface area contributed by atoms with E-state index in [1.807, 2.05) is 47.2 Å². The van der Waals surface area contributed by atoms with Gasteiger partial charge in [0.05, 0.1) is 22.6 Å². The highest BCUT2D eigenvalue weighted by atomic mass is 35.5. The lowest BCUT2D eigenvalue weighted by Gasteiger charge is -2.16. The number of carbonyl (C=O) groups is 1. The van der Waals surface area contributed by atoms with Gasteiger partial charge in [-0.25, -0.2) is 4.79 Å². The zero-order chi connectivity index (χ0) is 19.1. The molecule has 1 N–H and O–H groups in total. The van der Waals surface area contributed by atoms with Crippen molar-refractivity contribution in [3.05, 3.63) is 82.0 Å². The molecule has 3 aromatic rings. The molecule has 6 heteroatoms. The first-order chi connectivity index (χ1) is 13.0. The number of halogens is 2. The van der Waals surface area contributed by atoms with E-state index in [9.17, 15) is 9.90 Å². The number of ether oxygens (including phenoxy) is 1. The Labute approximate surface area is 166 Å². The summed E-state index contributed by atoms with van der Waals surface area (Å²) < 4.78 is 7.06. The predicted molar refractivity (Wildman–Crippen MR) is 106 cm³/mol. The van der Waals surface area contributed by atoms with E-state index in [4.69, 9.17) is 27.9 Å². The Morgan fingerprint density at radius 2 is 1.96 bits per heavy atom. The van der Waals surface area contributed by atoms with Gasteiger partial charge in [-0.1, -0.05) is 48.0 Å². The van der Waals surface area contributed by atoms with Crippen LogP contribution in [0.2, 0.25) is 10.0 Å². The number of aliphatic hydroxyl groups excluding tert-OH is 1. The van der Waals surface area contributed by atoms with Crippen LogP contribution in [0.15, 0.2) is 60.8 Å².